The molecular formula is C18H23N. The maximum Gasteiger partial charge on any atom is 0.0991 e. The molecule has 0 aliphatic heterocycles. The molecule has 0 saturated heterocycles. The van der Waals surface area contributed by atoms with E-state index in [1.807, 2.05) is 24.3 Å². The predicted octanol–water partition coefficient (Wildman–Crippen LogP) is 5.18. The van der Waals surface area contributed by atoms with Gasteiger partial charge < -0.3 is 0 Å². The van der Waals surface area contributed by atoms with Crippen molar-refractivity contribution in [3.8, 4) is 6.07 Å². The molecule has 0 spiro atoms. The molecule has 1 heteroatoms. The summed E-state index contributed by atoms with van der Waals surface area (Å²) in [4.78, 5) is 0. The van der Waals surface area contributed by atoms with Crippen LogP contribution in [0.3, 0.4) is 0 Å². The van der Waals surface area contributed by atoms with E-state index in [0.717, 1.165) is 17.4 Å². The molecule has 1 saturated carbocycles. The predicted molar refractivity (Wildman–Crippen MR) is 80.5 cm³/mol. The average molecular weight is 253 g/mol. The van der Waals surface area contributed by atoms with Gasteiger partial charge in [-0.15, -0.1) is 0 Å². The van der Waals surface area contributed by atoms with Crippen LogP contribution in [0.2, 0.25) is 0 Å². The third-order valence-electron chi connectivity index (χ3n) is 4.19. The van der Waals surface area contributed by atoms with Crippen LogP contribution in [0.4, 0.5) is 0 Å². The minimum Gasteiger partial charge on any atom is -0.192 e. The summed E-state index contributed by atoms with van der Waals surface area (Å²) in [5, 5.41) is 8.76. The Bertz CT molecular complexity index is 442. The highest BCUT2D eigenvalue weighted by Crippen LogP contribution is 2.32. The third kappa shape index (κ3) is 4.24. The van der Waals surface area contributed by atoms with Gasteiger partial charge in [0.25, 0.3) is 0 Å². The Hall–Kier alpha value is -1.55. The molecule has 0 bridgehead atoms. The molecule has 1 aromatic rings. The van der Waals surface area contributed by atoms with Crippen molar-refractivity contribution < 1.29 is 0 Å². The molecule has 0 amide bonds. The van der Waals surface area contributed by atoms with E-state index in [9.17, 15) is 0 Å². The second-order valence-corrected chi connectivity index (χ2v) is 5.66. The molecule has 0 atom stereocenters. The topological polar surface area (TPSA) is 23.8 Å². The molecule has 0 unspecified atom stereocenters. The second kappa shape index (κ2) is 7.14. The van der Waals surface area contributed by atoms with Crippen LogP contribution in [-0.2, 0) is 0 Å². The van der Waals surface area contributed by atoms with Gasteiger partial charge in [0.1, 0.15) is 0 Å². The lowest BCUT2D eigenvalue weighted by molar-refractivity contribution is 0.295. The fourth-order valence-corrected chi connectivity index (χ4v) is 2.99. The summed E-state index contributed by atoms with van der Waals surface area (Å²) < 4.78 is 0. The standard InChI is InChI=1S/C18H23N/c1-2-3-15-4-6-16(7-5-15)8-9-17-10-12-18(14-19)13-11-17/h8-13,15-16H,2-7H2,1H3/b9-8+/t15-,16-. The molecule has 1 fully saturated rings. The third-order valence-corrected chi connectivity index (χ3v) is 4.19. The lowest BCUT2D eigenvalue weighted by atomic mass is 9.80. The Morgan fingerprint density at radius 1 is 1.16 bits per heavy atom. The molecule has 2 rings (SSSR count). The Balaban J connectivity index is 1.84. The van der Waals surface area contributed by atoms with Crippen molar-refractivity contribution in [2.24, 2.45) is 11.8 Å². The minimum absolute atomic E-state index is 0.734. The second-order valence-electron chi connectivity index (χ2n) is 5.66. The fraction of sp³-hybridized carbons (Fsp3) is 0.500. The van der Waals surface area contributed by atoms with Gasteiger partial charge in [-0.25, -0.2) is 0 Å². The minimum atomic E-state index is 0.734. The van der Waals surface area contributed by atoms with Gasteiger partial charge in [-0.2, -0.15) is 5.26 Å². The van der Waals surface area contributed by atoms with Crippen LogP contribution < -0.4 is 0 Å². The maximum absolute atomic E-state index is 8.76. The summed E-state index contributed by atoms with van der Waals surface area (Å²) in [5.74, 6) is 1.73. The first kappa shape index (κ1) is 13.9. The van der Waals surface area contributed by atoms with Crippen molar-refractivity contribution in [3.63, 3.8) is 0 Å². The van der Waals surface area contributed by atoms with Gasteiger partial charge in [0, 0.05) is 0 Å². The zero-order chi connectivity index (χ0) is 13.5. The Morgan fingerprint density at radius 2 is 1.84 bits per heavy atom. The van der Waals surface area contributed by atoms with Gasteiger partial charge in [0.05, 0.1) is 11.6 Å². The summed E-state index contributed by atoms with van der Waals surface area (Å²) in [7, 11) is 0. The molecule has 100 valence electrons. The van der Waals surface area contributed by atoms with Crippen molar-refractivity contribution >= 4 is 6.08 Å². The zero-order valence-electron chi connectivity index (χ0n) is 11.8. The maximum atomic E-state index is 8.76. The van der Waals surface area contributed by atoms with Crippen molar-refractivity contribution in [3.05, 3.63) is 41.5 Å². The van der Waals surface area contributed by atoms with E-state index in [-0.39, 0.29) is 0 Å². The molecule has 1 aliphatic carbocycles. The van der Waals surface area contributed by atoms with E-state index in [1.165, 1.54) is 44.1 Å². The quantitative estimate of drug-likeness (QED) is 0.725. The van der Waals surface area contributed by atoms with E-state index >= 15 is 0 Å². The number of hydrogen-bond donors (Lipinski definition) is 0. The van der Waals surface area contributed by atoms with Gasteiger partial charge in [0.2, 0.25) is 0 Å². The van der Waals surface area contributed by atoms with E-state index < -0.39 is 0 Å². The zero-order valence-corrected chi connectivity index (χ0v) is 11.8. The van der Waals surface area contributed by atoms with Crippen LogP contribution in [0.15, 0.2) is 30.3 Å². The highest BCUT2D eigenvalue weighted by Gasteiger charge is 2.18. The van der Waals surface area contributed by atoms with Gasteiger partial charge >= 0.3 is 0 Å². The van der Waals surface area contributed by atoms with Crippen molar-refractivity contribution in [1.82, 2.24) is 0 Å². The largest absolute Gasteiger partial charge is 0.192 e. The van der Waals surface area contributed by atoms with E-state index in [1.54, 1.807) is 0 Å². The van der Waals surface area contributed by atoms with Crippen molar-refractivity contribution in [2.45, 2.75) is 45.4 Å². The molecule has 0 radical (unpaired) electrons. The molecule has 1 aromatic carbocycles. The first-order valence-corrected chi connectivity index (χ1v) is 7.50. The molecule has 19 heavy (non-hydrogen) atoms. The SMILES string of the molecule is CCC[C@H]1CC[C@H](/C=C/c2ccc(C#N)cc2)CC1. The summed E-state index contributed by atoms with van der Waals surface area (Å²) in [5.41, 5.74) is 1.94. The van der Waals surface area contributed by atoms with Gasteiger partial charge in [-0.05, 0) is 55.2 Å². The first-order chi connectivity index (χ1) is 9.31. The molecule has 0 heterocycles. The smallest absolute Gasteiger partial charge is 0.0991 e. The summed E-state index contributed by atoms with van der Waals surface area (Å²) in [6, 6.07) is 9.98. The van der Waals surface area contributed by atoms with Crippen molar-refractivity contribution in [1.29, 1.82) is 5.26 Å². The van der Waals surface area contributed by atoms with E-state index in [0.29, 0.717) is 0 Å². The highest BCUT2D eigenvalue weighted by atomic mass is 14.2. The van der Waals surface area contributed by atoms with Gasteiger partial charge in [-0.1, -0.05) is 44.1 Å². The van der Waals surface area contributed by atoms with Crippen LogP contribution in [0.5, 0.6) is 0 Å². The fourth-order valence-electron chi connectivity index (χ4n) is 2.99. The summed E-state index contributed by atoms with van der Waals surface area (Å²) in [6.45, 7) is 2.29. The number of nitrogens with zero attached hydrogens (tertiary/aromatic N) is 1. The number of hydrogen-bond acceptors (Lipinski definition) is 1. The first-order valence-electron chi connectivity index (χ1n) is 7.50. The molecule has 1 aliphatic rings. The Kier molecular flexibility index (Phi) is 5.21. The monoisotopic (exact) mass is 253 g/mol. The van der Waals surface area contributed by atoms with Crippen LogP contribution in [0.1, 0.15) is 56.6 Å². The number of nitriles is 1. The molecule has 1 nitrogen and oxygen atoms in total. The molecule has 0 N–H and O–H groups in total. The van der Waals surface area contributed by atoms with Gasteiger partial charge in [-0.3, -0.25) is 0 Å². The normalized spacial score (nSPS) is 23.4. The van der Waals surface area contributed by atoms with Crippen LogP contribution in [0, 0.1) is 23.2 Å². The van der Waals surface area contributed by atoms with E-state index in [2.05, 4.69) is 25.1 Å². The van der Waals surface area contributed by atoms with Crippen LogP contribution in [-0.4, -0.2) is 0 Å². The van der Waals surface area contributed by atoms with E-state index in [4.69, 9.17) is 5.26 Å². The molecule has 0 aromatic heterocycles. The number of benzene rings is 1. The Morgan fingerprint density at radius 3 is 2.42 bits per heavy atom. The number of allylic oxidation sites excluding steroid dienone is 1. The lowest BCUT2D eigenvalue weighted by Gasteiger charge is -2.26. The summed E-state index contributed by atoms with van der Waals surface area (Å²) in [6.07, 6.45) is 12.8. The van der Waals surface area contributed by atoms with Crippen LogP contribution in [0.25, 0.3) is 6.08 Å². The van der Waals surface area contributed by atoms with Crippen LogP contribution >= 0.6 is 0 Å². The Labute approximate surface area is 117 Å². The summed E-state index contributed by atoms with van der Waals surface area (Å²) >= 11 is 0. The molecular weight excluding hydrogens is 230 g/mol. The average Bonchev–Trinajstić information content (AvgIpc) is 2.47. The number of rotatable bonds is 4. The van der Waals surface area contributed by atoms with Crippen molar-refractivity contribution in [2.75, 3.05) is 0 Å². The highest BCUT2D eigenvalue weighted by molar-refractivity contribution is 5.51. The van der Waals surface area contributed by atoms with Gasteiger partial charge in [0.15, 0.2) is 0 Å². The lowest BCUT2D eigenvalue weighted by Crippen LogP contribution is -2.12.